The van der Waals surface area contributed by atoms with Crippen molar-refractivity contribution in [3.63, 3.8) is 0 Å². The van der Waals surface area contributed by atoms with Gasteiger partial charge in [0, 0.05) is 0 Å². The number of hydrogen-bond donors (Lipinski definition) is 0. The molecule has 0 aliphatic rings. The summed E-state index contributed by atoms with van der Waals surface area (Å²) in [6.45, 7) is 0. The van der Waals surface area contributed by atoms with Crippen LogP contribution in [-0.2, 0) is 20.1 Å². The molecule has 24 heavy (non-hydrogen) atoms. The van der Waals surface area contributed by atoms with Crippen LogP contribution >= 0.6 is 0 Å². The topological polar surface area (TPSA) is 95.3 Å². The number of para-hydroxylation sites is 3. The fourth-order valence-electron chi connectivity index (χ4n) is 2.40. The van der Waals surface area contributed by atoms with E-state index in [-0.39, 0.29) is 17.1 Å². The summed E-state index contributed by atoms with van der Waals surface area (Å²) in [6, 6.07) is 13.0. The van der Waals surface area contributed by atoms with Crippen molar-refractivity contribution in [2.75, 3.05) is 12.5 Å². The number of nitrogens with zero attached hydrogens (tertiary/aromatic N) is 2. The zero-order valence-electron chi connectivity index (χ0n) is 12.9. The van der Waals surface area contributed by atoms with Gasteiger partial charge in [0.15, 0.2) is 11.6 Å². The van der Waals surface area contributed by atoms with Crippen LogP contribution in [0.1, 0.15) is 0 Å². The van der Waals surface area contributed by atoms with Gasteiger partial charge in [0.25, 0.3) is 0 Å². The van der Waals surface area contributed by atoms with Crippen LogP contribution in [0.5, 0.6) is 5.75 Å². The van der Waals surface area contributed by atoms with Crippen LogP contribution < -0.4 is 4.18 Å². The molecule has 0 saturated heterocycles. The summed E-state index contributed by atoms with van der Waals surface area (Å²) in [5, 5.41) is 0. The van der Waals surface area contributed by atoms with Gasteiger partial charge in [0.05, 0.1) is 29.1 Å². The SMILES string of the molecule is CS(=O)(=O)Oc1ccccc1-c1nc2ccccc2n1S(C)(=O)=O. The average molecular weight is 366 g/mol. The van der Waals surface area contributed by atoms with Gasteiger partial charge in [-0.25, -0.2) is 17.4 Å². The molecule has 0 fully saturated rings. The van der Waals surface area contributed by atoms with Gasteiger partial charge in [-0.2, -0.15) is 8.42 Å². The van der Waals surface area contributed by atoms with Gasteiger partial charge >= 0.3 is 10.1 Å². The van der Waals surface area contributed by atoms with Crippen LogP contribution in [0.15, 0.2) is 48.5 Å². The summed E-state index contributed by atoms with van der Waals surface area (Å²) in [5.74, 6) is 0.109. The van der Waals surface area contributed by atoms with E-state index in [0.29, 0.717) is 11.0 Å². The first-order chi connectivity index (χ1) is 11.2. The van der Waals surface area contributed by atoms with Gasteiger partial charge in [-0.1, -0.05) is 24.3 Å². The molecule has 0 unspecified atom stereocenters. The molecule has 0 radical (unpaired) electrons. The Labute approximate surface area is 139 Å². The third-order valence-electron chi connectivity index (χ3n) is 3.22. The molecule has 7 nitrogen and oxygen atoms in total. The molecule has 0 aliphatic carbocycles. The highest BCUT2D eigenvalue weighted by molar-refractivity contribution is 7.89. The second-order valence-electron chi connectivity index (χ2n) is 5.24. The van der Waals surface area contributed by atoms with E-state index in [4.69, 9.17) is 4.18 Å². The van der Waals surface area contributed by atoms with Gasteiger partial charge in [-0.05, 0) is 24.3 Å². The lowest BCUT2D eigenvalue weighted by Gasteiger charge is -2.11. The molecule has 0 aliphatic heterocycles. The Kier molecular flexibility index (Phi) is 3.84. The summed E-state index contributed by atoms with van der Waals surface area (Å²) in [7, 11) is -7.45. The van der Waals surface area contributed by atoms with Gasteiger partial charge < -0.3 is 4.18 Å². The van der Waals surface area contributed by atoms with E-state index in [1.807, 2.05) is 0 Å². The molecule has 9 heteroatoms. The first-order valence-corrected chi connectivity index (χ1v) is 10.5. The van der Waals surface area contributed by atoms with Gasteiger partial charge in [0.1, 0.15) is 0 Å². The summed E-state index contributed by atoms with van der Waals surface area (Å²) in [4.78, 5) is 4.35. The molecule has 0 amide bonds. The molecule has 2 aromatic carbocycles. The fourth-order valence-corrected chi connectivity index (χ4v) is 3.83. The van der Waals surface area contributed by atoms with Crippen LogP contribution in [0.3, 0.4) is 0 Å². The highest BCUT2D eigenvalue weighted by Gasteiger charge is 2.22. The highest BCUT2D eigenvalue weighted by Crippen LogP contribution is 2.33. The van der Waals surface area contributed by atoms with Gasteiger partial charge in [-0.15, -0.1) is 0 Å². The molecule has 3 rings (SSSR count). The third-order valence-corrected chi connectivity index (χ3v) is 4.74. The predicted octanol–water partition coefficient (Wildman–Crippen LogP) is 1.85. The first-order valence-electron chi connectivity index (χ1n) is 6.84. The predicted molar refractivity (Wildman–Crippen MR) is 90.9 cm³/mol. The Morgan fingerprint density at radius 3 is 2.21 bits per heavy atom. The van der Waals surface area contributed by atoms with Crippen molar-refractivity contribution in [1.29, 1.82) is 0 Å². The molecule has 126 valence electrons. The molecule has 1 heterocycles. The highest BCUT2D eigenvalue weighted by atomic mass is 32.2. The monoisotopic (exact) mass is 366 g/mol. The smallest absolute Gasteiger partial charge is 0.306 e. The second kappa shape index (κ2) is 5.60. The average Bonchev–Trinajstić information content (AvgIpc) is 2.85. The standard InChI is InChI=1S/C15H14N2O5S2/c1-23(18,19)17-13-9-5-4-8-12(13)16-15(17)11-7-3-6-10-14(11)22-24(2,20)21/h3-10H,1-2H3. The molecule has 0 spiro atoms. The van der Waals surface area contributed by atoms with Crippen molar-refractivity contribution in [2.45, 2.75) is 0 Å². The molecule has 0 bridgehead atoms. The van der Waals surface area contributed by atoms with E-state index in [9.17, 15) is 16.8 Å². The Morgan fingerprint density at radius 2 is 1.54 bits per heavy atom. The maximum atomic E-state index is 12.3. The largest absolute Gasteiger partial charge is 0.382 e. The molecular weight excluding hydrogens is 352 g/mol. The minimum absolute atomic E-state index is 0.0141. The molecule has 0 atom stereocenters. The second-order valence-corrected chi connectivity index (χ2v) is 8.64. The summed E-state index contributed by atoms with van der Waals surface area (Å²) in [5.41, 5.74) is 1.15. The van der Waals surface area contributed by atoms with Crippen LogP contribution in [-0.4, -0.2) is 38.3 Å². The third kappa shape index (κ3) is 3.13. The van der Waals surface area contributed by atoms with Crippen LogP contribution in [0, 0.1) is 0 Å². The lowest BCUT2D eigenvalue weighted by atomic mass is 10.2. The maximum absolute atomic E-state index is 12.3. The minimum Gasteiger partial charge on any atom is -0.382 e. The quantitative estimate of drug-likeness (QED) is 0.654. The van der Waals surface area contributed by atoms with E-state index < -0.39 is 20.1 Å². The minimum atomic E-state index is -3.77. The van der Waals surface area contributed by atoms with Crippen molar-refractivity contribution in [1.82, 2.24) is 8.96 Å². The zero-order chi connectivity index (χ0) is 17.5. The summed E-state index contributed by atoms with van der Waals surface area (Å²) < 4.78 is 53.5. The Hall–Kier alpha value is -2.39. The molecular formula is C15H14N2O5S2. The summed E-state index contributed by atoms with van der Waals surface area (Å²) >= 11 is 0. The molecule has 3 aromatic rings. The van der Waals surface area contributed by atoms with Crippen LogP contribution in [0.25, 0.3) is 22.4 Å². The van der Waals surface area contributed by atoms with E-state index in [1.165, 1.54) is 6.07 Å². The van der Waals surface area contributed by atoms with Gasteiger partial charge in [-0.3, -0.25) is 0 Å². The molecule has 1 aromatic heterocycles. The number of hydrogen-bond acceptors (Lipinski definition) is 6. The number of rotatable bonds is 4. The van der Waals surface area contributed by atoms with Gasteiger partial charge in [0.2, 0.25) is 10.0 Å². The molecule has 0 saturated carbocycles. The Balaban J connectivity index is 2.36. The lowest BCUT2D eigenvalue weighted by molar-refractivity contribution is 0.493. The van der Waals surface area contributed by atoms with Crippen molar-refractivity contribution < 1.29 is 21.0 Å². The van der Waals surface area contributed by atoms with Crippen molar-refractivity contribution in [2.24, 2.45) is 0 Å². The Morgan fingerprint density at radius 1 is 0.917 bits per heavy atom. The normalized spacial score (nSPS) is 12.4. The van der Waals surface area contributed by atoms with Crippen LogP contribution in [0.2, 0.25) is 0 Å². The first kappa shape index (κ1) is 16.5. The van der Waals surface area contributed by atoms with E-state index in [2.05, 4.69) is 4.98 Å². The number of imidazole rings is 1. The lowest BCUT2D eigenvalue weighted by Crippen LogP contribution is -2.12. The van der Waals surface area contributed by atoms with E-state index in [0.717, 1.165) is 16.5 Å². The Bertz CT molecular complexity index is 1130. The van der Waals surface area contributed by atoms with Crippen LogP contribution in [0.4, 0.5) is 0 Å². The van der Waals surface area contributed by atoms with E-state index in [1.54, 1.807) is 42.5 Å². The number of fused-ring (bicyclic) bond motifs is 1. The summed E-state index contributed by atoms with van der Waals surface area (Å²) in [6.07, 6.45) is 1.98. The van der Waals surface area contributed by atoms with Crippen molar-refractivity contribution >= 4 is 31.2 Å². The van der Waals surface area contributed by atoms with Crippen molar-refractivity contribution in [3.05, 3.63) is 48.5 Å². The zero-order valence-corrected chi connectivity index (χ0v) is 14.5. The number of aromatic nitrogens is 2. The van der Waals surface area contributed by atoms with Crippen molar-refractivity contribution in [3.8, 4) is 17.1 Å². The maximum Gasteiger partial charge on any atom is 0.306 e. The van der Waals surface area contributed by atoms with E-state index >= 15 is 0 Å². The fraction of sp³-hybridized carbons (Fsp3) is 0.133. The molecule has 0 N–H and O–H groups in total. The number of benzene rings is 2.